The molecular formula is C21H28ClN3O2S. The molecular weight excluding hydrogens is 394 g/mol. The molecule has 28 heavy (non-hydrogen) atoms. The molecule has 1 N–H and O–H groups in total. The maximum atomic E-state index is 11.7. The number of carbonyl (C=O) groups is 1. The first-order valence-corrected chi connectivity index (χ1v) is 10.9. The molecule has 0 unspecified atom stereocenters. The maximum absolute atomic E-state index is 11.7. The van der Waals surface area contributed by atoms with E-state index in [1.165, 1.54) is 4.90 Å². The highest BCUT2D eigenvalue weighted by atomic mass is 35.5. The molecule has 152 valence electrons. The number of rotatable bonds is 5. The van der Waals surface area contributed by atoms with Gasteiger partial charge in [-0.1, -0.05) is 23.7 Å². The fraction of sp³-hybridized carbons (Fsp3) is 0.524. The normalized spacial score (nSPS) is 16.3. The topological polar surface area (TPSA) is 54.5 Å². The van der Waals surface area contributed by atoms with Crippen molar-refractivity contribution in [1.82, 2.24) is 14.6 Å². The SMILES string of the molecule is CC(C)(C)OC(=O)NCCC1CCN(Sc2cccc3c(Cl)nccc23)CC1. The lowest BCUT2D eigenvalue weighted by Crippen LogP contribution is -2.35. The summed E-state index contributed by atoms with van der Waals surface area (Å²) in [6.45, 7) is 8.37. The average molecular weight is 422 g/mol. The molecule has 1 aromatic carbocycles. The second kappa shape index (κ2) is 9.33. The van der Waals surface area contributed by atoms with Crippen molar-refractivity contribution in [2.45, 2.75) is 50.5 Å². The predicted molar refractivity (Wildman–Crippen MR) is 116 cm³/mol. The van der Waals surface area contributed by atoms with Crippen LogP contribution in [0.25, 0.3) is 10.8 Å². The van der Waals surface area contributed by atoms with Gasteiger partial charge < -0.3 is 10.1 Å². The first kappa shape index (κ1) is 21.2. The number of fused-ring (bicyclic) bond motifs is 1. The molecule has 5 nitrogen and oxygen atoms in total. The van der Waals surface area contributed by atoms with Gasteiger partial charge >= 0.3 is 6.09 Å². The number of aromatic nitrogens is 1. The van der Waals surface area contributed by atoms with Gasteiger partial charge in [-0.25, -0.2) is 14.1 Å². The van der Waals surface area contributed by atoms with E-state index in [4.69, 9.17) is 16.3 Å². The molecule has 0 spiro atoms. The summed E-state index contributed by atoms with van der Waals surface area (Å²) in [5, 5.41) is 5.56. The van der Waals surface area contributed by atoms with E-state index in [1.54, 1.807) is 18.1 Å². The average Bonchev–Trinajstić information content (AvgIpc) is 2.63. The van der Waals surface area contributed by atoms with Crippen LogP contribution in [0.15, 0.2) is 35.4 Å². The van der Waals surface area contributed by atoms with Crippen LogP contribution in [0, 0.1) is 5.92 Å². The Labute approximate surface area is 176 Å². The molecule has 7 heteroatoms. The summed E-state index contributed by atoms with van der Waals surface area (Å²) >= 11 is 8.02. The number of halogens is 1. The third kappa shape index (κ3) is 6.00. The molecule has 1 aromatic heterocycles. The first-order valence-electron chi connectivity index (χ1n) is 9.75. The van der Waals surface area contributed by atoms with Crippen molar-refractivity contribution < 1.29 is 9.53 Å². The Kier molecular flexibility index (Phi) is 7.07. The van der Waals surface area contributed by atoms with Gasteiger partial charge in [-0.15, -0.1) is 0 Å². The van der Waals surface area contributed by atoms with Gasteiger partial charge in [0.2, 0.25) is 0 Å². The molecule has 0 atom stereocenters. The zero-order chi connectivity index (χ0) is 20.1. The summed E-state index contributed by atoms with van der Waals surface area (Å²) in [7, 11) is 0. The third-order valence-electron chi connectivity index (χ3n) is 4.74. The highest BCUT2D eigenvalue weighted by molar-refractivity contribution is 7.97. The summed E-state index contributed by atoms with van der Waals surface area (Å²) in [6, 6.07) is 8.21. The Hall–Kier alpha value is -1.50. The summed E-state index contributed by atoms with van der Waals surface area (Å²) < 4.78 is 7.70. The van der Waals surface area contributed by atoms with Crippen LogP contribution in [0.1, 0.15) is 40.0 Å². The summed E-state index contributed by atoms with van der Waals surface area (Å²) in [5.74, 6) is 0.637. The van der Waals surface area contributed by atoms with Gasteiger partial charge in [0.05, 0.1) is 0 Å². The van der Waals surface area contributed by atoms with E-state index in [0.717, 1.165) is 43.1 Å². The van der Waals surface area contributed by atoms with E-state index < -0.39 is 5.60 Å². The molecule has 1 saturated heterocycles. The lowest BCUT2D eigenvalue weighted by atomic mass is 9.95. The molecule has 1 aliphatic rings. The Morgan fingerprint density at radius 3 is 2.75 bits per heavy atom. The van der Waals surface area contributed by atoms with Crippen molar-refractivity contribution in [2.24, 2.45) is 5.92 Å². The molecule has 2 heterocycles. The number of piperidine rings is 1. The number of benzene rings is 1. The van der Waals surface area contributed by atoms with E-state index in [0.29, 0.717) is 17.6 Å². The van der Waals surface area contributed by atoms with Crippen LogP contribution in [-0.2, 0) is 4.74 Å². The zero-order valence-electron chi connectivity index (χ0n) is 16.7. The van der Waals surface area contributed by atoms with Crippen molar-refractivity contribution in [3.05, 3.63) is 35.6 Å². The van der Waals surface area contributed by atoms with Crippen molar-refractivity contribution >= 4 is 40.4 Å². The number of nitrogens with zero attached hydrogens (tertiary/aromatic N) is 2. The number of alkyl carbamates (subject to hydrolysis) is 1. The monoisotopic (exact) mass is 421 g/mol. The fourth-order valence-corrected chi connectivity index (χ4v) is 4.65. The second-order valence-corrected chi connectivity index (χ2v) is 9.63. The van der Waals surface area contributed by atoms with Crippen LogP contribution in [0.3, 0.4) is 0 Å². The van der Waals surface area contributed by atoms with E-state index in [2.05, 4.69) is 20.7 Å². The van der Waals surface area contributed by atoms with Crippen molar-refractivity contribution in [3.63, 3.8) is 0 Å². The zero-order valence-corrected chi connectivity index (χ0v) is 18.3. The Morgan fingerprint density at radius 1 is 1.29 bits per heavy atom. The predicted octanol–water partition coefficient (Wildman–Crippen LogP) is 5.52. The number of amides is 1. The number of hydrogen-bond acceptors (Lipinski definition) is 5. The molecule has 1 aliphatic heterocycles. The number of pyridine rings is 1. The summed E-state index contributed by atoms with van der Waals surface area (Å²) in [6.07, 6.45) is 4.70. The standard InChI is InChI=1S/C21H28ClN3O2S/c1-21(2,3)27-20(26)24-11-7-15-9-13-25(14-10-15)28-18-6-4-5-17-16(18)8-12-23-19(17)22/h4-6,8,12,15H,7,9-11,13-14H2,1-3H3,(H,24,26). The lowest BCUT2D eigenvalue weighted by Gasteiger charge is -2.31. The van der Waals surface area contributed by atoms with Crippen LogP contribution in [0.4, 0.5) is 4.79 Å². The van der Waals surface area contributed by atoms with Gasteiger partial charge in [-0.2, -0.15) is 0 Å². The van der Waals surface area contributed by atoms with Gasteiger partial charge in [0.25, 0.3) is 0 Å². The van der Waals surface area contributed by atoms with E-state index >= 15 is 0 Å². The maximum Gasteiger partial charge on any atom is 0.407 e. The molecule has 1 amide bonds. The van der Waals surface area contributed by atoms with E-state index in [9.17, 15) is 4.79 Å². The summed E-state index contributed by atoms with van der Waals surface area (Å²) in [5.41, 5.74) is -0.450. The van der Waals surface area contributed by atoms with Crippen molar-refractivity contribution in [1.29, 1.82) is 0 Å². The number of ether oxygens (including phenoxy) is 1. The minimum atomic E-state index is -0.450. The molecule has 0 aliphatic carbocycles. The highest BCUT2D eigenvalue weighted by Gasteiger charge is 2.21. The minimum Gasteiger partial charge on any atom is -0.444 e. The molecule has 0 saturated carbocycles. The molecule has 0 bridgehead atoms. The highest BCUT2D eigenvalue weighted by Crippen LogP contribution is 2.35. The van der Waals surface area contributed by atoms with Crippen LogP contribution in [0.5, 0.6) is 0 Å². The molecule has 2 aromatic rings. The Balaban J connectivity index is 1.45. The third-order valence-corrected chi connectivity index (χ3v) is 6.22. The fourth-order valence-electron chi connectivity index (χ4n) is 3.34. The van der Waals surface area contributed by atoms with Gasteiger partial charge in [-0.05, 0) is 70.0 Å². The largest absolute Gasteiger partial charge is 0.444 e. The number of hydrogen-bond donors (Lipinski definition) is 1. The second-order valence-electron chi connectivity index (χ2n) is 8.13. The summed E-state index contributed by atoms with van der Waals surface area (Å²) in [4.78, 5) is 17.1. The van der Waals surface area contributed by atoms with Gasteiger partial charge in [-0.3, -0.25) is 0 Å². The first-order chi connectivity index (χ1) is 13.3. The van der Waals surface area contributed by atoms with Crippen LogP contribution >= 0.6 is 23.5 Å². The van der Waals surface area contributed by atoms with Crippen LogP contribution in [0.2, 0.25) is 5.15 Å². The van der Waals surface area contributed by atoms with Gasteiger partial charge in [0, 0.05) is 41.5 Å². The van der Waals surface area contributed by atoms with Gasteiger partial charge in [0.1, 0.15) is 10.8 Å². The Bertz CT molecular complexity index is 817. The van der Waals surface area contributed by atoms with Crippen molar-refractivity contribution in [3.8, 4) is 0 Å². The van der Waals surface area contributed by atoms with Crippen LogP contribution in [-0.4, -0.2) is 40.6 Å². The van der Waals surface area contributed by atoms with E-state index in [-0.39, 0.29) is 6.09 Å². The molecule has 0 radical (unpaired) electrons. The van der Waals surface area contributed by atoms with E-state index in [1.807, 2.05) is 39.0 Å². The van der Waals surface area contributed by atoms with Crippen molar-refractivity contribution in [2.75, 3.05) is 19.6 Å². The van der Waals surface area contributed by atoms with Gasteiger partial charge in [0.15, 0.2) is 0 Å². The minimum absolute atomic E-state index is 0.329. The van der Waals surface area contributed by atoms with Crippen LogP contribution < -0.4 is 5.32 Å². The lowest BCUT2D eigenvalue weighted by molar-refractivity contribution is 0.0523. The number of carbonyl (C=O) groups excluding carboxylic acids is 1. The smallest absolute Gasteiger partial charge is 0.407 e. The molecule has 1 fully saturated rings. The number of nitrogens with one attached hydrogen (secondary N) is 1. The quantitative estimate of drug-likeness (QED) is 0.508. The Morgan fingerprint density at radius 2 is 2.04 bits per heavy atom. The molecule has 3 rings (SSSR count).